The van der Waals surface area contributed by atoms with Gasteiger partial charge in [-0.3, -0.25) is 0 Å². The van der Waals surface area contributed by atoms with Crippen molar-refractivity contribution in [3.8, 4) is 17.9 Å². The third kappa shape index (κ3) is 3.45. The number of nitrogens with zero attached hydrogens (tertiary/aromatic N) is 2. The summed E-state index contributed by atoms with van der Waals surface area (Å²) in [5.74, 6) is 0.479. The van der Waals surface area contributed by atoms with Crippen molar-refractivity contribution in [1.29, 1.82) is 10.5 Å². The van der Waals surface area contributed by atoms with E-state index in [-0.39, 0.29) is 5.92 Å². The lowest BCUT2D eigenvalue weighted by atomic mass is 9.90. The molecule has 0 heterocycles. The van der Waals surface area contributed by atoms with E-state index < -0.39 is 0 Å². The molecule has 0 aliphatic rings. The van der Waals surface area contributed by atoms with Crippen LogP contribution in [-0.2, 0) is 12.8 Å². The zero-order chi connectivity index (χ0) is 15.9. The van der Waals surface area contributed by atoms with Gasteiger partial charge in [-0.05, 0) is 42.2 Å². The largest absolute Gasteiger partial charge is 0.496 e. The Morgan fingerprint density at radius 3 is 2.27 bits per heavy atom. The van der Waals surface area contributed by atoms with Crippen molar-refractivity contribution < 1.29 is 4.74 Å². The maximum Gasteiger partial charge on any atom is 0.123 e. The van der Waals surface area contributed by atoms with Crippen molar-refractivity contribution in [1.82, 2.24) is 0 Å². The van der Waals surface area contributed by atoms with E-state index in [1.807, 2.05) is 24.3 Å². The first-order valence-electron chi connectivity index (χ1n) is 7.27. The zero-order valence-electron chi connectivity index (χ0n) is 12.8. The first-order valence-corrected chi connectivity index (χ1v) is 7.27. The molecule has 0 N–H and O–H groups in total. The monoisotopic (exact) mass is 290 g/mol. The molecule has 3 nitrogen and oxygen atoms in total. The molecule has 0 aromatic heterocycles. The van der Waals surface area contributed by atoms with Gasteiger partial charge < -0.3 is 4.74 Å². The van der Waals surface area contributed by atoms with Crippen LogP contribution >= 0.6 is 0 Å². The lowest BCUT2D eigenvalue weighted by Crippen LogP contribution is -2.04. The Morgan fingerprint density at radius 1 is 1.05 bits per heavy atom. The number of hydrogen-bond donors (Lipinski definition) is 0. The average Bonchev–Trinajstić information content (AvgIpc) is 2.59. The average molecular weight is 290 g/mol. The summed E-state index contributed by atoms with van der Waals surface area (Å²) in [5.41, 5.74) is 3.78. The third-order valence-corrected chi connectivity index (χ3v) is 3.76. The minimum atomic E-state index is -0.269. The summed E-state index contributed by atoms with van der Waals surface area (Å²) in [5, 5.41) is 18.4. The number of methoxy groups -OCH3 is 1. The smallest absolute Gasteiger partial charge is 0.123 e. The summed E-state index contributed by atoms with van der Waals surface area (Å²) in [4.78, 5) is 0. The van der Waals surface area contributed by atoms with Gasteiger partial charge in [0.05, 0.1) is 30.7 Å². The number of ether oxygens (including phenoxy) is 1. The first-order chi connectivity index (χ1) is 10.7. The summed E-state index contributed by atoms with van der Waals surface area (Å²) in [6, 6.07) is 17.9. The Balaban J connectivity index is 2.31. The molecule has 0 saturated carbocycles. The van der Waals surface area contributed by atoms with Gasteiger partial charge in [0.15, 0.2) is 0 Å². The number of rotatable bonds is 5. The van der Waals surface area contributed by atoms with Crippen LogP contribution in [0.1, 0.15) is 35.1 Å². The Morgan fingerprint density at radius 2 is 1.73 bits per heavy atom. The third-order valence-electron chi connectivity index (χ3n) is 3.76. The highest BCUT2D eigenvalue weighted by Crippen LogP contribution is 2.30. The Labute approximate surface area is 131 Å². The van der Waals surface area contributed by atoms with E-state index in [9.17, 15) is 5.26 Å². The quantitative estimate of drug-likeness (QED) is 0.837. The highest BCUT2D eigenvalue weighted by Gasteiger charge is 2.17. The summed E-state index contributed by atoms with van der Waals surface area (Å²) in [6.45, 7) is 2.09. The lowest BCUT2D eigenvalue weighted by molar-refractivity contribution is 0.408. The molecule has 1 unspecified atom stereocenters. The van der Waals surface area contributed by atoms with Crippen molar-refractivity contribution in [3.05, 3.63) is 64.7 Å². The molecular weight excluding hydrogens is 272 g/mol. The second-order valence-electron chi connectivity index (χ2n) is 5.12. The van der Waals surface area contributed by atoms with Gasteiger partial charge in [-0.2, -0.15) is 10.5 Å². The maximum absolute atomic E-state index is 9.57. The molecule has 22 heavy (non-hydrogen) atoms. The Kier molecular flexibility index (Phi) is 5.17. The van der Waals surface area contributed by atoms with Crippen LogP contribution in [0.15, 0.2) is 42.5 Å². The van der Waals surface area contributed by atoms with Gasteiger partial charge in [-0.15, -0.1) is 0 Å². The molecule has 1 atom stereocenters. The van der Waals surface area contributed by atoms with Gasteiger partial charge >= 0.3 is 0 Å². The molecule has 0 aliphatic carbocycles. The standard InChI is InChI=1S/C19H18N2O/c1-3-14-8-9-19(22-2)18(11-14)17(13-21)10-15-4-6-16(12-20)7-5-15/h4-9,11,17H,3,10H2,1-2H3. The van der Waals surface area contributed by atoms with Gasteiger partial charge in [-0.1, -0.05) is 31.2 Å². The summed E-state index contributed by atoms with van der Waals surface area (Å²) in [7, 11) is 1.63. The van der Waals surface area contributed by atoms with Crippen LogP contribution in [0.2, 0.25) is 0 Å². The summed E-state index contributed by atoms with van der Waals surface area (Å²) in [6.07, 6.45) is 1.53. The van der Waals surface area contributed by atoms with E-state index in [1.54, 1.807) is 19.2 Å². The molecule has 0 fully saturated rings. The fourth-order valence-electron chi connectivity index (χ4n) is 2.45. The number of nitriles is 2. The molecule has 0 amide bonds. The van der Waals surface area contributed by atoms with Crippen LogP contribution in [0.4, 0.5) is 0 Å². The van der Waals surface area contributed by atoms with E-state index in [0.29, 0.717) is 12.0 Å². The molecule has 0 bridgehead atoms. The fraction of sp³-hybridized carbons (Fsp3) is 0.263. The van der Waals surface area contributed by atoms with E-state index in [1.165, 1.54) is 5.56 Å². The highest BCUT2D eigenvalue weighted by molar-refractivity contribution is 5.43. The molecule has 0 saturated heterocycles. The predicted molar refractivity (Wildman–Crippen MR) is 85.6 cm³/mol. The molecule has 0 radical (unpaired) electrons. The summed E-state index contributed by atoms with van der Waals surface area (Å²) < 4.78 is 5.41. The van der Waals surface area contributed by atoms with Gasteiger partial charge in [0, 0.05) is 5.56 Å². The van der Waals surface area contributed by atoms with Gasteiger partial charge in [-0.25, -0.2) is 0 Å². The van der Waals surface area contributed by atoms with Crippen molar-refractivity contribution in [3.63, 3.8) is 0 Å². The molecule has 0 aliphatic heterocycles. The molecule has 3 heteroatoms. The van der Waals surface area contributed by atoms with Crippen LogP contribution in [0.3, 0.4) is 0 Å². The van der Waals surface area contributed by atoms with Crippen LogP contribution < -0.4 is 4.74 Å². The van der Waals surface area contributed by atoms with Crippen molar-refractivity contribution in [2.24, 2.45) is 0 Å². The number of benzene rings is 2. The zero-order valence-corrected chi connectivity index (χ0v) is 12.8. The number of aryl methyl sites for hydroxylation is 1. The summed E-state index contributed by atoms with van der Waals surface area (Å²) >= 11 is 0. The SMILES string of the molecule is CCc1ccc(OC)c(C(C#N)Cc2ccc(C#N)cc2)c1. The normalized spacial score (nSPS) is 11.3. The fourth-order valence-corrected chi connectivity index (χ4v) is 2.45. The number of hydrogen-bond acceptors (Lipinski definition) is 3. The van der Waals surface area contributed by atoms with Gasteiger partial charge in [0.2, 0.25) is 0 Å². The van der Waals surface area contributed by atoms with Gasteiger partial charge in [0.1, 0.15) is 5.75 Å². The molecular formula is C19H18N2O. The van der Waals surface area contributed by atoms with Crippen LogP contribution in [0.5, 0.6) is 5.75 Å². The minimum Gasteiger partial charge on any atom is -0.496 e. The topological polar surface area (TPSA) is 56.8 Å². The predicted octanol–water partition coefficient (Wildman–Crippen LogP) is 3.98. The molecule has 2 aromatic rings. The van der Waals surface area contributed by atoms with Crippen molar-refractivity contribution >= 4 is 0 Å². The first kappa shape index (κ1) is 15.6. The Hall–Kier alpha value is -2.78. The van der Waals surface area contributed by atoms with Gasteiger partial charge in [0.25, 0.3) is 0 Å². The van der Waals surface area contributed by atoms with E-state index in [4.69, 9.17) is 10.00 Å². The second kappa shape index (κ2) is 7.29. The van der Waals surface area contributed by atoms with Crippen molar-refractivity contribution in [2.45, 2.75) is 25.7 Å². The van der Waals surface area contributed by atoms with Crippen molar-refractivity contribution in [2.75, 3.05) is 7.11 Å². The van der Waals surface area contributed by atoms with Crippen LogP contribution in [0, 0.1) is 22.7 Å². The maximum atomic E-state index is 9.57. The van der Waals surface area contributed by atoms with E-state index in [2.05, 4.69) is 25.1 Å². The van der Waals surface area contributed by atoms with Crippen LogP contribution in [-0.4, -0.2) is 7.11 Å². The Bertz CT molecular complexity index is 721. The minimum absolute atomic E-state index is 0.269. The molecule has 2 rings (SSSR count). The lowest BCUT2D eigenvalue weighted by Gasteiger charge is -2.15. The molecule has 0 spiro atoms. The van der Waals surface area contributed by atoms with Crippen LogP contribution in [0.25, 0.3) is 0 Å². The highest BCUT2D eigenvalue weighted by atomic mass is 16.5. The van der Waals surface area contributed by atoms with E-state index in [0.717, 1.165) is 23.3 Å². The van der Waals surface area contributed by atoms with E-state index >= 15 is 0 Å². The second-order valence-corrected chi connectivity index (χ2v) is 5.12. The molecule has 110 valence electrons. The molecule has 2 aromatic carbocycles.